The number of aliphatic hydroxyl groups excluding tert-OH is 1. The highest BCUT2D eigenvalue weighted by Gasteiger charge is 2.21. The van der Waals surface area contributed by atoms with E-state index in [0.717, 1.165) is 18.1 Å². The van der Waals surface area contributed by atoms with Crippen molar-refractivity contribution in [1.29, 1.82) is 0 Å². The van der Waals surface area contributed by atoms with Gasteiger partial charge in [-0.05, 0) is 0 Å². The molecule has 0 unspecified atom stereocenters. The summed E-state index contributed by atoms with van der Waals surface area (Å²) < 4.78 is 0. The van der Waals surface area contributed by atoms with Crippen LogP contribution in [0.2, 0.25) is 0 Å². The molecule has 1 aliphatic rings. The van der Waals surface area contributed by atoms with Crippen LogP contribution >= 0.6 is 0 Å². The van der Waals surface area contributed by atoms with E-state index >= 15 is 0 Å². The summed E-state index contributed by atoms with van der Waals surface area (Å²) in [6, 6.07) is -0.282. The van der Waals surface area contributed by atoms with Crippen molar-refractivity contribution in [2.45, 2.75) is 18.9 Å². The zero-order valence-corrected chi connectivity index (χ0v) is 13.4. The van der Waals surface area contributed by atoms with Gasteiger partial charge < -0.3 is 30.5 Å². The number of nitrogens with one attached hydrogen (secondary N) is 1. The summed E-state index contributed by atoms with van der Waals surface area (Å²) in [6.45, 7) is -0.275. The Bertz CT molecular complexity index is 457. The highest BCUT2D eigenvalue weighted by Crippen LogP contribution is 2.06. The Balaban J connectivity index is 2.32. The number of rotatable bonds is 12. The Morgan fingerprint density at radius 2 is 1.84 bits per heavy atom. The lowest BCUT2D eigenvalue weighted by Crippen LogP contribution is -2.36. The molecular formula is C10H21N7O8. The fraction of sp³-hybridized carbons (Fsp3) is 1.00. The summed E-state index contributed by atoms with van der Waals surface area (Å²) >= 11 is 0. The van der Waals surface area contributed by atoms with Crippen LogP contribution < -0.4 is 5.32 Å². The summed E-state index contributed by atoms with van der Waals surface area (Å²) in [5.41, 5.74) is 0. The molecule has 1 aliphatic heterocycles. The third-order valence-electron chi connectivity index (χ3n) is 3.14. The Kier molecular flexibility index (Phi) is 9.61. The van der Waals surface area contributed by atoms with Gasteiger partial charge in [0.1, 0.15) is 19.7 Å². The van der Waals surface area contributed by atoms with Gasteiger partial charge in [-0.1, -0.05) is 4.86 Å². The normalized spacial score (nSPS) is 16.4. The van der Waals surface area contributed by atoms with Crippen LogP contribution in [0.5, 0.6) is 0 Å². The molecule has 0 atom stereocenters. The molecule has 0 bridgehead atoms. The van der Waals surface area contributed by atoms with Gasteiger partial charge in [-0.2, -0.15) is 0 Å². The second-order valence-corrected chi connectivity index (χ2v) is 4.81. The summed E-state index contributed by atoms with van der Waals surface area (Å²) in [5.74, 6) is 0. The van der Waals surface area contributed by atoms with Crippen molar-refractivity contribution < 1.29 is 34.5 Å². The van der Waals surface area contributed by atoms with E-state index in [0.29, 0.717) is 17.7 Å². The average Bonchev–Trinajstić information content (AvgIpc) is 2.60. The number of piperidine rings is 1. The number of hydrogen-bond acceptors (Lipinski definition) is 11. The van der Waals surface area contributed by atoms with Crippen molar-refractivity contribution in [3.05, 3.63) is 20.5 Å². The average molecular weight is 367 g/mol. The van der Waals surface area contributed by atoms with Crippen LogP contribution in [0.3, 0.4) is 0 Å². The molecule has 1 rings (SSSR count). The van der Waals surface area contributed by atoms with Crippen LogP contribution in [0.25, 0.3) is 0 Å². The van der Waals surface area contributed by atoms with Crippen LogP contribution in [-0.2, 0) is 14.5 Å². The maximum Gasteiger partial charge on any atom is 0.294 e. The molecule has 0 aromatic heterocycles. The summed E-state index contributed by atoms with van der Waals surface area (Å²) in [6.07, 6.45) is 1.27. The third-order valence-corrected chi connectivity index (χ3v) is 3.14. The minimum Gasteiger partial charge on any atom is -0.597 e. The van der Waals surface area contributed by atoms with Gasteiger partial charge in [-0.25, -0.2) is 0 Å². The van der Waals surface area contributed by atoms with Crippen molar-refractivity contribution in [2.24, 2.45) is 10.6 Å². The molecular weight excluding hydrogens is 346 g/mol. The van der Waals surface area contributed by atoms with Gasteiger partial charge in [-0.15, -0.1) is 15.1 Å². The van der Waals surface area contributed by atoms with Gasteiger partial charge in [0.2, 0.25) is 10.6 Å². The van der Waals surface area contributed by atoms with E-state index in [-0.39, 0.29) is 30.7 Å². The highest BCUT2D eigenvalue weighted by atomic mass is 16.9. The molecule has 144 valence electrons. The largest absolute Gasteiger partial charge is 0.597 e. The first kappa shape index (κ1) is 20.4. The van der Waals surface area contributed by atoms with E-state index in [1.165, 1.54) is 0 Å². The lowest BCUT2D eigenvalue weighted by atomic mass is 10.1. The fourth-order valence-electron chi connectivity index (χ4n) is 1.94. The first-order chi connectivity index (χ1) is 12.0. The maximum absolute atomic E-state index is 11.6. The molecule has 0 saturated carbocycles. The van der Waals surface area contributed by atoms with Gasteiger partial charge in [0, 0.05) is 25.9 Å². The van der Waals surface area contributed by atoms with E-state index in [1.807, 2.05) is 0 Å². The second-order valence-electron chi connectivity index (χ2n) is 4.81. The quantitative estimate of drug-likeness (QED) is 0.107. The minimum absolute atomic E-state index is 0.0232. The minimum atomic E-state index is -1.01. The molecule has 0 aromatic carbocycles. The van der Waals surface area contributed by atoms with E-state index in [1.54, 1.807) is 0 Å². The summed E-state index contributed by atoms with van der Waals surface area (Å²) in [7, 11) is 0. The molecule has 1 saturated heterocycles. The number of hydrazine groups is 1. The van der Waals surface area contributed by atoms with Crippen LogP contribution in [0, 0.1) is 20.5 Å². The van der Waals surface area contributed by atoms with Gasteiger partial charge in [-0.3, -0.25) is 4.84 Å². The molecule has 1 fully saturated rings. The van der Waals surface area contributed by atoms with E-state index in [2.05, 4.69) is 30.4 Å². The number of hydrogen-bond donors (Lipinski definition) is 2. The number of nitrogens with zero attached hydrogens (tertiary/aromatic N) is 6. The predicted molar refractivity (Wildman–Crippen MR) is 76.6 cm³/mol. The van der Waals surface area contributed by atoms with Crippen LogP contribution in [-0.4, -0.2) is 77.3 Å². The Morgan fingerprint density at radius 1 is 1.16 bits per heavy atom. The number of hydroxylamine groups is 1. The van der Waals surface area contributed by atoms with Crippen LogP contribution in [0.1, 0.15) is 12.8 Å². The molecule has 0 spiro atoms. The highest BCUT2D eigenvalue weighted by molar-refractivity contribution is 4.66. The van der Waals surface area contributed by atoms with Crippen molar-refractivity contribution in [1.82, 2.24) is 10.3 Å². The van der Waals surface area contributed by atoms with E-state index in [9.17, 15) is 20.5 Å². The van der Waals surface area contributed by atoms with E-state index < -0.39 is 18.5 Å². The van der Waals surface area contributed by atoms with Crippen molar-refractivity contribution >= 4 is 0 Å². The Morgan fingerprint density at radius 3 is 2.48 bits per heavy atom. The van der Waals surface area contributed by atoms with Gasteiger partial charge >= 0.3 is 0 Å². The maximum atomic E-state index is 11.6. The fourth-order valence-corrected chi connectivity index (χ4v) is 1.94. The molecule has 1 heterocycles. The van der Waals surface area contributed by atoms with Crippen molar-refractivity contribution in [2.75, 3.05) is 46.2 Å². The molecule has 0 amide bonds. The molecule has 0 radical (unpaired) electrons. The van der Waals surface area contributed by atoms with Gasteiger partial charge in [0.05, 0.1) is 11.6 Å². The first-order valence-electron chi connectivity index (χ1n) is 7.47. The SMILES string of the molecule is O=[N+]([O-])OCCN(CCO)[N+]([O-])=NOCON=[N+]([O-])C1CCNCC1. The van der Waals surface area contributed by atoms with Gasteiger partial charge in [0.15, 0.2) is 6.04 Å². The van der Waals surface area contributed by atoms with Crippen LogP contribution in [0.4, 0.5) is 0 Å². The third kappa shape index (κ3) is 8.66. The molecule has 25 heavy (non-hydrogen) atoms. The lowest BCUT2D eigenvalue weighted by molar-refractivity contribution is -0.764. The smallest absolute Gasteiger partial charge is 0.294 e. The van der Waals surface area contributed by atoms with Gasteiger partial charge in [0.25, 0.3) is 11.9 Å². The predicted octanol–water partition coefficient (Wildman–Crippen LogP) is -1.10. The van der Waals surface area contributed by atoms with E-state index in [4.69, 9.17) is 5.11 Å². The first-order valence-corrected chi connectivity index (χ1v) is 7.47. The second kappa shape index (κ2) is 11.8. The molecule has 0 aromatic rings. The monoisotopic (exact) mass is 367 g/mol. The lowest BCUT2D eigenvalue weighted by Gasteiger charge is -2.18. The zero-order valence-electron chi connectivity index (χ0n) is 13.4. The topological polar surface area (TPSA) is 183 Å². The Hall–Kier alpha value is -2.68. The molecule has 15 heteroatoms. The molecule has 15 nitrogen and oxygen atoms in total. The standard InChI is InChI=1S/C10H21N7O8/c18-7-5-14(6-8-25-17(21)22)16(20)13-24-9-23-12-15(19)10-1-3-11-4-2-10/h10-11,18H,1-9H2. The van der Waals surface area contributed by atoms with Crippen LogP contribution in [0.15, 0.2) is 10.6 Å². The summed E-state index contributed by atoms with van der Waals surface area (Å²) in [4.78, 5) is 23.7. The van der Waals surface area contributed by atoms with Crippen molar-refractivity contribution in [3.63, 3.8) is 0 Å². The molecule has 2 N–H and O–H groups in total. The summed E-state index contributed by atoms with van der Waals surface area (Å²) in [5, 5.41) is 51.5. The molecule has 0 aliphatic carbocycles. The van der Waals surface area contributed by atoms with Crippen molar-refractivity contribution in [3.8, 4) is 0 Å². The number of aliphatic hydroxyl groups is 1. The zero-order chi connectivity index (χ0) is 18.5. The Labute approximate surface area is 142 Å².